The summed E-state index contributed by atoms with van der Waals surface area (Å²) in [4.78, 5) is 25.7. The van der Waals surface area contributed by atoms with Gasteiger partial charge in [-0.2, -0.15) is 4.31 Å². The number of anilines is 1. The first kappa shape index (κ1) is 21.4. The van der Waals surface area contributed by atoms with E-state index in [4.69, 9.17) is 16.0 Å². The Hall–Kier alpha value is -2.82. The number of piperazine rings is 1. The zero-order chi connectivity index (χ0) is 22.2. The van der Waals surface area contributed by atoms with Crippen LogP contribution < -0.4 is 10.7 Å². The van der Waals surface area contributed by atoms with E-state index in [0.717, 1.165) is 10.3 Å². The molecule has 0 spiro atoms. The van der Waals surface area contributed by atoms with Gasteiger partial charge in [-0.15, -0.1) is 0 Å². The summed E-state index contributed by atoms with van der Waals surface area (Å²) in [5, 5.41) is 0.646. The van der Waals surface area contributed by atoms with Gasteiger partial charge in [0.05, 0.1) is 17.5 Å². The van der Waals surface area contributed by atoms with Crippen LogP contribution in [0.3, 0.4) is 0 Å². The van der Waals surface area contributed by atoms with Gasteiger partial charge >= 0.3 is 11.7 Å². The van der Waals surface area contributed by atoms with Crippen LogP contribution in [-0.4, -0.2) is 56.5 Å². The Morgan fingerprint density at radius 2 is 1.77 bits per heavy atom. The highest BCUT2D eigenvalue weighted by molar-refractivity contribution is 7.89. The molecule has 0 atom stereocenters. The molecule has 9 nitrogen and oxygen atoms in total. The van der Waals surface area contributed by atoms with E-state index in [1.54, 1.807) is 12.1 Å². The number of ether oxygens (including phenoxy) is 1. The van der Waals surface area contributed by atoms with Gasteiger partial charge in [0.1, 0.15) is 6.54 Å². The van der Waals surface area contributed by atoms with Gasteiger partial charge in [0.15, 0.2) is 5.58 Å². The number of oxazole rings is 1. The minimum absolute atomic E-state index is 0.0268. The summed E-state index contributed by atoms with van der Waals surface area (Å²) in [5.74, 6) is -1.37. The van der Waals surface area contributed by atoms with E-state index in [9.17, 15) is 18.0 Å². The predicted octanol–water partition coefficient (Wildman–Crippen LogP) is 1.93. The minimum Gasteiger partial charge on any atom is -0.468 e. The third kappa shape index (κ3) is 4.18. The normalized spacial score (nSPS) is 15.4. The molecule has 1 fully saturated rings. The third-order valence-corrected chi connectivity index (χ3v) is 7.37. The molecule has 0 radical (unpaired) electrons. The van der Waals surface area contributed by atoms with Crippen LogP contribution in [0.15, 0.2) is 56.6 Å². The SMILES string of the molecule is COC(=O)Cn1c(=O)oc2cc(S(=O)(=O)N3CCN(c4ccc(Cl)cc4)CC3)ccc21. The number of carbonyl (C=O) groups is 1. The largest absolute Gasteiger partial charge is 0.468 e. The molecule has 1 aliphatic rings. The number of carbonyl (C=O) groups excluding carboxylic acids is 1. The lowest BCUT2D eigenvalue weighted by atomic mass is 10.2. The molecule has 0 amide bonds. The monoisotopic (exact) mass is 465 g/mol. The third-order valence-electron chi connectivity index (χ3n) is 5.22. The molecule has 4 rings (SSSR count). The number of nitrogens with zero attached hydrogens (tertiary/aromatic N) is 3. The molecule has 0 bridgehead atoms. The maximum Gasteiger partial charge on any atom is 0.420 e. The van der Waals surface area contributed by atoms with Crippen molar-refractivity contribution in [2.24, 2.45) is 0 Å². The van der Waals surface area contributed by atoms with Crippen LogP contribution in [0.1, 0.15) is 0 Å². The second kappa shape index (κ2) is 8.37. The van der Waals surface area contributed by atoms with Crippen molar-refractivity contribution in [3.05, 3.63) is 58.0 Å². The average molecular weight is 466 g/mol. The number of hydrogen-bond acceptors (Lipinski definition) is 7. The standard InChI is InChI=1S/C20H20ClN3O6S/c1-29-19(25)13-24-17-7-6-16(12-18(17)30-20(24)26)31(27,28)23-10-8-22(9-11-23)15-4-2-14(21)3-5-15/h2-7,12H,8-11,13H2,1H3. The molecular formula is C20H20ClN3O6S. The summed E-state index contributed by atoms with van der Waals surface area (Å²) in [5.41, 5.74) is 1.40. The number of rotatable bonds is 5. The van der Waals surface area contributed by atoms with Crippen LogP contribution in [0, 0.1) is 0 Å². The maximum atomic E-state index is 13.1. The summed E-state index contributed by atoms with van der Waals surface area (Å²) in [6, 6.07) is 11.6. The highest BCUT2D eigenvalue weighted by Crippen LogP contribution is 2.25. The van der Waals surface area contributed by atoms with Crippen LogP contribution in [0.4, 0.5) is 5.69 Å². The number of fused-ring (bicyclic) bond motifs is 1. The van der Waals surface area contributed by atoms with E-state index in [1.165, 1.54) is 29.6 Å². The van der Waals surface area contributed by atoms with E-state index in [0.29, 0.717) is 36.7 Å². The number of benzene rings is 2. The molecule has 3 aromatic rings. The number of halogens is 1. The Kier molecular flexibility index (Phi) is 5.78. The molecule has 1 aliphatic heterocycles. The van der Waals surface area contributed by atoms with E-state index >= 15 is 0 Å². The second-order valence-corrected chi connectivity index (χ2v) is 9.40. The van der Waals surface area contributed by atoms with Crippen molar-refractivity contribution in [1.82, 2.24) is 8.87 Å². The van der Waals surface area contributed by atoms with Crippen molar-refractivity contribution >= 4 is 44.4 Å². The van der Waals surface area contributed by atoms with Crippen LogP contribution >= 0.6 is 11.6 Å². The van der Waals surface area contributed by atoms with Gasteiger partial charge in [-0.05, 0) is 36.4 Å². The average Bonchev–Trinajstić information content (AvgIpc) is 3.08. The fraction of sp³-hybridized carbons (Fsp3) is 0.300. The number of methoxy groups -OCH3 is 1. The molecule has 164 valence electrons. The summed E-state index contributed by atoms with van der Waals surface area (Å²) in [6.07, 6.45) is 0. The van der Waals surface area contributed by atoms with E-state index < -0.39 is 21.7 Å². The van der Waals surface area contributed by atoms with Gasteiger partial charge < -0.3 is 14.1 Å². The quantitative estimate of drug-likeness (QED) is 0.530. The number of hydrogen-bond donors (Lipinski definition) is 0. The Labute approximate surface area is 183 Å². The summed E-state index contributed by atoms with van der Waals surface area (Å²) >= 11 is 5.93. The summed E-state index contributed by atoms with van der Waals surface area (Å²) < 4.78 is 38.5. The molecule has 0 N–H and O–H groups in total. The van der Waals surface area contributed by atoms with Crippen molar-refractivity contribution in [2.45, 2.75) is 11.4 Å². The van der Waals surface area contributed by atoms with Crippen LogP contribution in [0.25, 0.3) is 11.1 Å². The highest BCUT2D eigenvalue weighted by atomic mass is 35.5. The van der Waals surface area contributed by atoms with Gasteiger partial charge in [-0.3, -0.25) is 9.36 Å². The number of esters is 1. The first-order chi connectivity index (χ1) is 14.8. The smallest absolute Gasteiger partial charge is 0.420 e. The lowest BCUT2D eigenvalue weighted by Crippen LogP contribution is -2.48. The number of aromatic nitrogens is 1. The fourth-order valence-electron chi connectivity index (χ4n) is 3.54. The van der Waals surface area contributed by atoms with Crippen molar-refractivity contribution in [3.63, 3.8) is 0 Å². The fourth-order valence-corrected chi connectivity index (χ4v) is 5.10. The molecule has 0 saturated carbocycles. The molecule has 1 aromatic heterocycles. The summed E-state index contributed by atoms with van der Waals surface area (Å²) in [7, 11) is -2.56. The van der Waals surface area contributed by atoms with Crippen LogP contribution in [0.2, 0.25) is 5.02 Å². The van der Waals surface area contributed by atoms with Gasteiger partial charge in [0, 0.05) is 43.0 Å². The van der Waals surface area contributed by atoms with Crippen molar-refractivity contribution in [3.8, 4) is 0 Å². The first-order valence-electron chi connectivity index (χ1n) is 9.50. The van der Waals surface area contributed by atoms with E-state index in [2.05, 4.69) is 9.64 Å². The van der Waals surface area contributed by atoms with E-state index in [1.807, 2.05) is 12.1 Å². The predicted molar refractivity (Wildman–Crippen MR) is 115 cm³/mol. The van der Waals surface area contributed by atoms with Gasteiger partial charge in [-0.25, -0.2) is 13.2 Å². The Morgan fingerprint density at radius 1 is 1.10 bits per heavy atom. The van der Waals surface area contributed by atoms with Crippen molar-refractivity contribution in [2.75, 3.05) is 38.2 Å². The zero-order valence-corrected chi connectivity index (χ0v) is 18.2. The first-order valence-corrected chi connectivity index (χ1v) is 11.3. The lowest BCUT2D eigenvalue weighted by Gasteiger charge is -2.35. The Morgan fingerprint density at radius 3 is 2.42 bits per heavy atom. The van der Waals surface area contributed by atoms with Crippen LogP contribution in [-0.2, 0) is 26.1 Å². The van der Waals surface area contributed by atoms with Gasteiger partial charge in [0.25, 0.3) is 0 Å². The molecule has 1 saturated heterocycles. The van der Waals surface area contributed by atoms with Gasteiger partial charge in [0.2, 0.25) is 10.0 Å². The zero-order valence-electron chi connectivity index (χ0n) is 16.7. The Bertz CT molecular complexity index is 1270. The topological polar surface area (TPSA) is 102 Å². The molecular weight excluding hydrogens is 446 g/mol. The Balaban J connectivity index is 1.54. The molecule has 2 heterocycles. The lowest BCUT2D eigenvalue weighted by molar-refractivity contribution is -0.141. The minimum atomic E-state index is -3.77. The van der Waals surface area contributed by atoms with Gasteiger partial charge in [-0.1, -0.05) is 11.6 Å². The highest BCUT2D eigenvalue weighted by Gasteiger charge is 2.29. The molecule has 0 aliphatic carbocycles. The molecule has 2 aromatic carbocycles. The summed E-state index contributed by atoms with van der Waals surface area (Å²) in [6.45, 7) is 1.38. The molecule has 31 heavy (non-hydrogen) atoms. The number of sulfonamides is 1. The molecule has 11 heteroatoms. The van der Waals surface area contributed by atoms with E-state index in [-0.39, 0.29) is 17.0 Å². The molecule has 0 unspecified atom stereocenters. The maximum absolute atomic E-state index is 13.1. The second-order valence-electron chi connectivity index (χ2n) is 7.03. The van der Waals surface area contributed by atoms with Crippen LogP contribution in [0.5, 0.6) is 0 Å². The van der Waals surface area contributed by atoms with Crippen molar-refractivity contribution in [1.29, 1.82) is 0 Å². The van der Waals surface area contributed by atoms with Crippen molar-refractivity contribution < 1.29 is 22.4 Å².